The number of hydrazone groups is 1. The molecule has 25 heavy (non-hydrogen) atoms. The van der Waals surface area contributed by atoms with Gasteiger partial charge >= 0.3 is 0 Å². The number of rotatable bonds is 6. The van der Waals surface area contributed by atoms with Gasteiger partial charge in [-0.15, -0.1) is 0 Å². The Balaban J connectivity index is 1.91. The lowest BCUT2D eigenvalue weighted by molar-refractivity contribution is -0.123. The average molecular weight is 472 g/mol. The van der Waals surface area contributed by atoms with Gasteiger partial charge in [0, 0.05) is 0 Å². The van der Waals surface area contributed by atoms with Gasteiger partial charge in [-0.1, -0.05) is 6.07 Å². The molecular formula is C17H16Br2N2O4. The number of phenolic OH excluding ortho intramolecular Hbond substituents is 1. The van der Waals surface area contributed by atoms with Crippen LogP contribution in [0.1, 0.15) is 11.1 Å². The van der Waals surface area contributed by atoms with E-state index in [0.717, 1.165) is 10.0 Å². The van der Waals surface area contributed by atoms with Crippen LogP contribution in [0.25, 0.3) is 0 Å². The first-order valence-corrected chi connectivity index (χ1v) is 8.76. The lowest BCUT2D eigenvalue weighted by Gasteiger charge is -2.08. The summed E-state index contributed by atoms with van der Waals surface area (Å²) in [4.78, 5) is 11.8. The van der Waals surface area contributed by atoms with Gasteiger partial charge in [0.15, 0.2) is 18.1 Å². The lowest BCUT2D eigenvalue weighted by Crippen LogP contribution is -2.24. The molecule has 2 rings (SSSR count). The number of aromatic hydroxyl groups is 1. The fraction of sp³-hybridized carbons (Fsp3) is 0.176. The molecule has 0 radical (unpaired) electrons. The fourth-order valence-corrected chi connectivity index (χ4v) is 2.97. The van der Waals surface area contributed by atoms with Crippen LogP contribution in [0.3, 0.4) is 0 Å². The van der Waals surface area contributed by atoms with Crippen molar-refractivity contribution < 1.29 is 19.4 Å². The molecule has 0 spiro atoms. The quantitative estimate of drug-likeness (QED) is 0.496. The molecule has 132 valence electrons. The Bertz CT molecular complexity index is 809. The van der Waals surface area contributed by atoms with E-state index in [1.165, 1.54) is 13.3 Å². The highest BCUT2D eigenvalue weighted by atomic mass is 79.9. The molecule has 0 fully saturated rings. The second kappa shape index (κ2) is 8.87. The van der Waals surface area contributed by atoms with E-state index in [1.54, 1.807) is 18.2 Å². The van der Waals surface area contributed by atoms with E-state index >= 15 is 0 Å². The molecule has 8 heteroatoms. The number of benzene rings is 2. The van der Waals surface area contributed by atoms with E-state index in [-0.39, 0.29) is 12.4 Å². The largest absolute Gasteiger partial charge is 0.503 e. The topological polar surface area (TPSA) is 80.2 Å². The van der Waals surface area contributed by atoms with Gasteiger partial charge in [-0.25, -0.2) is 5.43 Å². The van der Waals surface area contributed by atoms with Gasteiger partial charge in [0.05, 0.1) is 22.3 Å². The number of carbonyl (C=O) groups excluding carboxylic acids is 1. The number of aryl methyl sites for hydroxylation is 1. The molecule has 0 bridgehead atoms. The Morgan fingerprint density at radius 2 is 2.00 bits per heavy atom. The van der Waals surface area contributed by atoms with Crippen LogP contribution in [-0.2, 0) is 4.79 Å². The zero-order valence-electron chi connectivity index (χ0n) is 13.5. The highest BCUT2D eigenvalue weighted by Gasteiger charge is 2.08. The number of phenols is 1. The molecule has 0 atom stereocenters. The van der Waals surface area contributed by atoms with E-state index in [1.807, 2.05) is 19.1 Å². The van der Waals surface area contributed by atoms with Gasteiger partial charge < -0.3 is 14.6 Å². The van der Waals surface area contributed by atoms with Crippen molar-refractivity contribution in [2.24, 2.45) is 5.10 Å². The van der Waals surface area contributed by atoms with Crippen LogP contribution in [0.5, 0.6) is 17.2 Å². The van der Waals surface area contributed by atoms with Gasteiger partial charge in [0.2, 0.25) is 0 Å². The molecule has 0 aliphatic rings. The summed E-state index contributed by atoms with van der Waals surface area (Å²) >= 11 is 6.60. The van der Waals surface area contributed by atoms with Crippen molar-refractivity contribution in [2.75, 3.05) is 13.7 Å². The minimum atomic E-state index is -0.395. The predicted molar refractivity (Wildman–Crippen MR) is 102 cm³/mol. The maximum atomic E-state index is 11.8. The summed E-state index contributed by atoms with van der Waals surface area (Å²) in [5, 5.41) is 13.6. The number of nitrogens with one attached hydrogen (secondary N) is 1. The summed E-state index contributed by atoms with van der Waals surface area (Å²) in [6.45, 7) is 1.80. The number of amides is 1. The molecule has 0 aliphatic carbocycles. The van der Waals surface area contributed by atoms with E-state index in [0.29, 0.717) is 21.5 Å². The zero-order chi connectivity index (χ0) is 18.4. The molecule has 0 unspecified atom stereocenters. The Morgan fingerprint density at radius 3 is 2.68 bits per heavy atom. The van der Waals surface area contributed by atoms with Crippen molar-refractivity contribution in [2.45, 2.75) is 6.92 Å². The van der Waals surface area contributed by atoms with Crippen LogP contribution in [0.15, 0.2) is 44.4 Å². The number of hydrogen-bond donors (Lipinski definition) is 2. The van der Waals surface area contributed by atoms with E-state index in [9.17, 15) is 9.90 Å². The van der Waals surface area contributed by atoms with Crippen molar-refractivity contribution >= 4 is 44.0 Å². The summed E-state index contributed by atoms with van der Waals surface area (Å²) in [5.74, 6) is 0.487. The van der Waals surface area contributed by atoms with Crippen molar-refractivity contribution in [3.05, 3.63) is 50.4 Å². The van der Waals surface area contributed by atoms with Crippen LogP contribution in [0, 0.1) is 6.92 Å². The average Bonchev–Trinajstić information content (AvgIpc) is 2.57. The minimum Gasteiger partial charge on any atom is -0.503 e. The van der Waals surface area contributed by atoms with Crippen molar-refractivity contribution in [1.29, 1.82) is 0 Å². The molecule has 6 nitrogen and oxygen atoms in total. The number of carbonyl (C=O) groups is 1. The third kappa shape index (κ3) is 5.47. The zero-order valence-corrected chi connectivity index (χ0v) is 16.7. The van der Waals surface area contributed by atoms with Gasteiger partial charge in [-0.05, 0) is 74.2 Å². The third-order valence-electron chi connectivity index (χ3n) is 3.12. The molecule has 2 N–H and O–H groups in total. The molecule has 0 heterocycles. The summed E-state index contributed by atoms with van der Waals surface area (Å²) in [7, 11) is 1.45. The highest BCUT2D eigenvalue weighted by molar-refractivity contribution is 9.10. The van der Waals surface area contributed by atoms with Crippen LogP contribution in [0.2, 0.25) is 0 Å². The second-order valence-electron chi connectivity index (χ2n) is 5.07. The van der Waals surface area contributed by atoms with E-state index in [2.05, 4.69) is 42.4 Å². The predicted octanol–water partition coefficient (Wildman–Crippen LogP) is 3.76. The molecule has 0 saturated heterocycles. The first kappa shape index (κ1) is 19.3. The SMILES string of the molecule is COc1cc(/C=N/NC(=O)COc2ccc(C)cc2Br)cc(Br)c1O. The summed E-state index contributed by atoms with van der Waals surface area (Å²) in [6, 6.07) is 8.83. The monoisotopic (exact) mass is 470 g/mol. The second-order valence-corrected chi connectivity index (χ2v) is 6.78. The third-order valence-corrected chi connectivity index (χ3v) is 4.34. The van der Waals surface area contributed by atoms with Crippen molar-refractivity contribution in [1.82, 2.24) is 5.43 Å². The molecule has 0 saturated carbocycles. The number of nitrogens with zero attached hydrogens (tertiary/aromatic N) is 1. The maximum absolute atomic E-state index is 11.8. The standard InChI is InChI=1S/C17H16Br2N2O4/c1-10-3-4-14(12(18)5-10)25-9-16(22)21-20-8-11-6-13(19)17(23)15(7-11)24-2/h3-8,23H,9H2,1-2H3,(H,21,22)/b20-8+. The number of halogens is 2. The van der Waals surface area contributed by atoms with Gasteiger partial charge in [-0.3, -0.25) is 4.79 Å². The van der Waals surface area contributed by atoms with E-state index in [4.69, 9.17) is 9.47 Å². The lowest BCUT2D eigenvalue weighted by atomic mass is 10.2. The van der Waals surface area contributed by atoms with Gasteiger partial charge in [0.1, 0.15) is 5.75 Å². The molecule has 0 aliphatic heterocycles. The molecule has 2 aromatic carbocycles. The van der Waals surface area contributed by atoms with Gasteiger partial charge in [0.25, 0.3) is 5.91 Å². The normalized spacial score (nSPS) is 10.7. The Kier molecular flexibility index (Phi) is 6.83. The van der Waals surface area contributed by atoms with Crippen LogP contribution < -0.4 is 14.9 Å². The van der Waals surface area contributed by atoms with Crippen LogP contribution >= 0.6 is 31.9 Å². The molecule has 2 aromatic rings. The number of methoxy groups -OCH3 is 1. The number of ether oxygens (including phenoxy) is 2. The van der Waals surface area contributed by atoms with Crippen LogP contribution in [-0.4, -0.2) is 30.9 Å². The smallest absolute Gasteiger partial charge is 0.277 e. The summed E-state index contributed by atoms with van der Waals surface area (Å²) in [6.07, 6.45) is 1.44. The summed E-state index contributed by atoms with van der Waals surface area (Å²) in [5.41, 5.74) is 4.10. The minimum absolute atomic E-state index is 0.000704. The van der Waals surface area contributed by atoms with Crippen LogP contribution in [0.4, 0.5) is 0 Å². The Labute approximate surface area is 162 Å². The number of hydrogen-bond acceptors (Lipinski definition) is 5. The maximum Gasteiger partial charge on any atom is 0.277 e. The fourth-order valence-electron chi connectivity index (χ4n) is 1.90. The highest BCUT2D eigenvalue weighted by Crippen LogP contribution is 2.34. The van der Waals surface area contributed by atoms with Gasteiger partial charge in [-0.2, -0.15) is 5.10 Å². The Hall–Kier alpha value is -2.06. The van der Waals surface area contributed by atoms with Crippen molar-refractivity contribution in [3.8, 4) is 17.2 Å². The van der Waals surface area contributed by atoms with E-state index < -0.39 is 5.91 Å². The summed E-state index contributed by atoms with van der Waals surface area (Å²) < 4.78 is 11.7. The molecular weight excluding hydrogens is 456 g/mol. The molecule has 1 amide bonds. The first-order chi connectivity index (χ1) is 11.9. The molecule has 0 aromatic heterocycles. The van der Waals surface area contributed by atoms with Crippen molar-refractivity contribution in [3.63, 3.8) is 0 Å². The first-order valence-electron chi connectivity index (χ1n) is 7.18. The Morgan fingerprint density at radius 1 is 1.24 bits per heavy atom.